The molecule has 7 heteroatoms. The highest BCUT2D eigenvalue weighted by Gasteiger charge is 2.20. The van der Waals surface area contributed by atoms with Crippen LogP contribution in [-0.4, -0.2) is 44.6 Å². The Morgan fingerprint density at radius 1 is 1.40 bits per heavy atom. The molecule has 1 heterocycles. The van der Waals surface area contributed by atoms with Crippen LogP contribution in [0.5, 0.6) is 0 Å². The van der Waals surface area contributed by atoms with Gasteiger partial charge in [0.25, 0.3) is 0 Å². The molecule has 1 saturated carbocycles. The maximum Gasteiger partial charge on any atom is 0.250 e. The zero-order valence-electron chi connectivity index (χ0n) is 11.7. The third-order valence-electron chi connectivity index (χ3n) is 3.76. The molecule has 0 amide bonds. The van der Waals surface area contributed by atoms with E-state index in [9.17, 15) is 8.42 Å². The number of aliphatic hydroxyl groups is 1. The highest BCUT2D eigenvalue weighted by atomic mass is 32.2. The molecule has 0 saturated heterocycles. The lowest BCUT2D eigenvalue weighted by Crippen LogP contribution is -2.37. The standard InChI is InChI=1S/C13H22N2O3S2/c1-15(11-4-2-3-5-11)9-8-14-20(17,18)13-7-6-12(10-16)19-13/h6-7,11,14,16H,2-5,8-10H2,1H3. The van der Waals surface area contributed by atoms with Gasteiger partial charge < -0.3 is 10.0 Å². The van der Waals surface area contributed by atoms with Gasteiger partial charge in [-0.25, -0.2) is 13.1 Å². The van der Waals surface area contributed by atoms with Crippen molar-refractivity contribution in [3.63, 3.8) is 0 Å². The van der Waals surface area contributed by atoms with Crippen molar-refractivity contribution < 1.29 is 13.5 Å². The van der Waals surface area contributed by atoms with Crippen LogP contribution in [0.15, 0.2) is 16.3 Å². The number of aliphatic hydroxyl groups excluding tert-OH is 1. The maximum atomic E-state index is 12.1. The van der Waals surface area contributed by atoms with Crippen LogP contribution >= 0.6 is 11.3 Å². The Balaban J connectivity index is 1.83. The Kier molecular flexibility index (Phi) is 5.57. The van der Waals surface area contributed by atoms with Gasteiger partial charge in [0.15, 0.2) is 0 Å². The third-order valence-corrected chi connectivity index (χ3v) is 6.79. The smallest absolute Gasteiger partial charge is 0.250 e. The minimum Gasteiger partial charge on any atom is -0.391 e. The monoisotopic (exact) mass is 318 g/mol. The maximum absolute atomic E-state index is 12.1. The molecule has 0 radical (unpaired) electrons. The molecule has 0 spiro atoms. The minimum absolute atomic E-state index is 0.120. The molecule has 0 aromatic carbocycles. The van der Waals surface area contributed by atoms with Crippen molar-refractivity contribution in [2.75, 3.05) is 20.1 Å². The van der Waals surface area contributed by atoms with E-state index in [2.05, 4.69) is 16.7 Å². The van der Waals surface area contributed by atoms with Crippen LogP contribution in [-0.2, 0) is 16.6 Å². The normalized spacial score (nSPS) is 17.1. The summed E-state index contributed by atoms with van der Waals surface area (Å²) in [6, 6.07) is 3.78. The first kappa shape index (κ1) is 15.9. The third kappa shape index (κ3) is 4.02. The number of rotatable bonds is 7. The van der Waals surface area contributed by atoms with E-state index in [0.29, 0.717) is 17.5 Å². The van der Waals surface area contributed by atoms with E-state index in [-0.39, 0.29) is 10.8 Å². The molecule has 2 rings (SSSR count). The van der Waals surface area contributed by atoms with Crippen molar-refractivity contribution in [1.29, 1.82) is 0 Å². The number of hydrogen-bond donors (Lipinski definition) is 2. The Morgan fingerprint density at radius 3 is 2.70 bits per heavy atom. The van der Waals surface area contributed by atoms with Crippen molar-refractivity contribution in [2.24, 2.45) is 0 Å². The van der Waals surface area contributed by atoms with E-state index in [1.807, 2.05) is 0 Å². The summed E-state index contributed by atoms with van der Waals surface area (Å²) in [5.74, 6) is 0. The highest BCUT2D eigenvalue weighted by Crippen LogP contribution is 2.23. The summed E-state index contributed by atoms with van der Waals surface area (Å²) in [6.07, 6.45) is 4.99. The second-order valence-corrected chi connectivity index (χ2v) is 8.36. The van der Waals surface area contributed by atoms with E-state index >= 15 is 0 Å². The van der Waals surface area contributed by atoms with Crippen molar-refractivity contribution in [2.45, 2.75) is 42.5 Å². The van der Waals surface area contributed by atoms with Gasteiger partial charge in [-0.3, -0.25) is 0 Å². The molecule has 1 aliphatic carbocycles. The molecule has 20 heavy (non-hydrogen) atoms. The fraction of sp³-hybridized carbons (Fsp3) is 0.692. The first-order valence-corrected chi connectivity index (χ1v) is 9.22. The molecule has 114 valence electrons. The summed E-state index contributed by atoms with van der Waals surface area (Å²) in [7, 11) is -1.38. The molecule has 0 bridgehead atoms. The van der Waals surface area contributed by atoms with Crippen molar-refractivity contribution in [3.05, 3.63) is 17.0 Å². The zero-order valence-corrected chi connectivity index (χ0v) is 13.3. The number of sulfonamides is 1. The predicted octanol–water partition coefficient (Wildman–Crippen LogP) is 1.39. The lowest BCUT2D eigenvalue weighted by atomic mass is 10.2. The summed E-state index contributed by atoms with van der Waals surface area (Å²) in [5.41, 5.74) is 0. The second kappa shape index (κ2) is 7.00. The lowest BCUT2D eigenvalue weighted by Gasteiger charge is -2.23. The topological polar surface area (TPSA) is 69.6 Å². The van der Waals surface area contributed by atoms with Gasteiger partial charge in [-0.15, -0.1) is 11.3 Å². The van der Waals surface area contributed by atoms with Gasteiger partial charge in [0, 0.05) is 24.0 Å². The molecule has 1 fully saturated rings. The molecule has 1 aromatic rings. The summed E-state index contributed by atoms with van der Waals surface area (Å²) in [5, 5.41) is 8.98. The molecular formula is C13H22N2O3S2. The summed E-state index contributed by atoms with van der Waals surface area (Å²) < 4.78 is 27.0. The molecule has 0 aliphatic heterocycles. The first-order valence-electron chi connectivity index (χ1n) is 6.92. The molecular weight excluding hydrogens is 296 g/mol. The van der Waals surface area contributed by atoms with E-state index in [1.54, 1.807) is 12.1 Å². The van der Waals surface area contributed by atoms with Crippen LogP contribution in [0.1, 0.15) is 30.6 Å². The SMILES string of the molecule is CN(CCNS(=O)(=O)c1ccc(CO)s1)C1CCCC1. The van der Waals surface area contributed by atoms with Crippen LogP contribution in [0, 0.1) is 0 Å². The van der Waals surface area contributed by atoms with E-state index < -0.39 is 10.0 Å². The van der Waals surface area contributed by atoms with Crippen LogP contribution < -0.4 is 4.72 Å². The summed E-state index contributed by atoms with van der Waals surface area (Å²) in [4.78, 5) is 2.90. The van der Waals surface area contributed by atoms with Crippen LogP contribution in [0.25, 0.3) is 0 Å². The van der Waals surface area contributed by atoms with Gasteiger partial charge >= 0.3 is 0 Å². The largest absolute Gasteiger partial charge is 0.391 e. The number of likely N-dealkylation sites (N-methyl/N-ethyl adjacent to an activating group) is 1. The Hall–Kier alpha value is -0.470. The average molecular weight is 318 g/mol. The van der Waals surface area contributed by atoms with Gasteiger partial charge in [-0.2, -0.15) is 0 Å². The van der Waals surface area contributed by atoms with Crippen molar-refractivity contribution >= 4 is 21.4 Å². The van der Waals surface area contributed by atoms with Crippen molar-refractivity contribution in [1.82, 2.24) is 9.62 Å². The molecule has 0 unspecified atom stereocenters. The molecule has 0 atom stereocenters. The Bertz CT molecular complexity index is 521. The Morgan fingerprint density at radius 2 is 2.10 bits per heavy atom. The predicted molar refractivity (Wildman–Crippen MR) is 80.3 cm³/mol. The summed E-state index contributed by atoms with van der Waals surface area (Å²) in [6.45, 7) is 1.02. The van der Waals surface area contributed by atoms with Gasteiger partial charge in [0.05, 0.1) is 6.61 Å². The quantitative estimate of drug-likeness (QED) is 0.797. The second-order valence-electron chi connectivity index (χ2n) is 5.20. The van der Waals surface area contributed by atoms with Crippen LogP contribution in [0.4, 0.5) is 0 Å². The number of nitrogens with zero attached hydrogens (tertiary/aromatic N) is 1. The molecule has 2 N–H and O–H groups in total. The average Bonchev–Trinajstić information content (AvgIpc) is 3.10. The number of thiophene rings is 1. The minimum atomic E-state index is -3.44. The van der Waals surface area contributed by atoms with Gasteiger partial charge in [-0.1, -0.05) is 12.8 Å². The van der Waals surface area contributed by atoms with Crippen LogP contribution in [0.3, 0.4) is 0 Å². The summed E-state index contributed by atoms with van der Waals surface area (Å²) >= 11 is 1.11. The van der Waals surface area contributed by atoms with E-state index in [0.717, 1.165) is 17.9 Å². The zero-order chi connectivity index (χ0) is 14.6. The number of nitrogens with one attached hydrogen (secondary N) is 1. The van der Waals surface area contributed by atoms with Gasteiger partial charge in [0.2, 0.25) is 10.0 Å². The van der Waals surface area contributed by atoms with Crippen LogP contribution in [0.2, 0.25) is 0 Å². The van der Waals surface area contributed by atoms with Gasteiger partial charge in [0.1, 0.15) is 4.21 Å². The highest BCUT2D eigenvalue weighted by molar-refractivity contribution is 7.91. The first-order chi connectivity index (χ1) is 9.53. The molecule has 1 aromatic heterocycles. The van der Waals surface area contributed by atoms with Gasteiger partial charge in [-0.05, 0) is 32.0 Å². The van der Waals surface area contributed by atoms with Crippen molar-refractivity contribution in [3.8, 4) is 0 Å². The molecule has 5 nitrogen and oxygen atoms in total. The number of hydrogen-bond acceptors (Lipinski definition) is 5. The fourth-order valence-corrected chi connectivity index (χ4v) is 4.82. The fourth-order valence-electron chi connectivity index (χ4n) is 2.54. The van der Waals surface area contributed by atoms with E-state index in [1.165, 1.54) is 25.7 Å². The lowest BCUT2D eigenvalue weighted by molar-refractivity contribution is 0.250. The Labute approximate surface area is 124 Å². The molecule has 1 aliphatic rings. The van der Waals surface area contributed by atoms with E-state index in [4.69, 9.17) is 5.11 Å².